The van der Waals surface area contributed by atoms with Crippen LogP contribution in [0.1, 0.15) is 22.2 Å². The van der Waals surface area contributed by atoms with Crippen LogP contribution in [-0.4, -0.2) is 24.0 Å². The third kappa shape index (κ3) is 2.27. The van der Waals surface area contributed by atoms with E-state index in [1.54, 1.807) is 36.4 Å². The standard InChI is InChI=1S/C18H12N2O4/c19-10-12(18-20-13-5-1-2-6-14(13)24-18)16(21)11-4-3-7-15-17(11)23-9-8-22-15/h1-7,12H,8-9H2. The summed E-state index contributed by atoms with van der Waals surface area (Å²) >= 11 is 0. The van der Waals surface area contributed by atoms with Crippen molar-refractivity contribution in [2.45, 2.75) is 5.92 Å². The summed E-state index contributed by atoms with van der Waals surface area (Å²) in [5.74, 6) is -0.620. The summed E-state index contributed by atoms with van der Waals surface area (Å²) in [6.07, 6.45) is 0. The third-order valence-electron chi connectivity index (χ3n) is 3.78. The molecule has 0 saturated carbocycles. The molecule has 0 bridgehead atoms. The first-order chi connectivity index (χ1) is 11.8. The molecule has 118 valence electrons. The highest BCUT2D eigenvalue weighted by molar-refractivity contribution is 6.05. The Morgan fingerprint density at radius 1 is 1.12 bits per heavy atom. The number of aromatic nitrogens is 1. The summed E-state index contributed by atoms with van der Waals surface area (Å²) in [5.41, 5.74) is 1.44. The molecule has 0 fully saturated rings. The molecule has 6 heteroatoms. The van der Waals surface area contributed by atoms with Crippen molar-refractivity contribution in [1.82, 2.24) is 4.98 Å². The fourth-order valence-corrected chi connectivity index (χ4v) is 2.66. The second-order valence-corrected chi connectivity index (χ2v) is 5.28. The number of oxazole rings is 1. The van der Waals surface area contributed by atoms with Gasteiger partial charge in [-0.2, -0.15) is 5.26 Å². The highest BCUT2D eigenvalue weighted by Gasteiger charge is 2.31. The van der Waals surface area contributed by atoms with E-state index in [1.165, 1.54) is 0 Å². The number of nitriles is 1. The van der Waals surface area contributed by atoms with Crippen LogP contribution >= 0.6 is 0 Å². The van der Waals surface area contributed by atoms with Crippen molar-refractivity contribution in [1.29, 1.82) is 5.26 Å². The van der Waals surface area contributed by atoms with Gasteiger partial charge >= 0.3 is 0 Å². The van der Waals surface area contributed by atoms with Crippen molar-refractivity contribution in [3.8, 4) is 17.6 Å². The zero-order chi connectivity index (χ0) is 16.5. The number of rotatable bonds is 3. The van der Waals surface area contributed by atoms with E-state index in [-0.39, 0.29) is 5.89 Å². The molecule has 4 rings (SSSR count). The zero-order valence-corrected chi connectivity index (χ0v) is 12.6. The second-order valence-electron chi connectivity index (χ2n) is 5.28. The third-order valence-corrected chi connectivity index (χ3v) is 3.78. The molecule has 0 aliphatic carbocycles. The predicted octanol–water partition coefficient (Wildman–Crippen LogP) is 3.09. The molecule has 3 aromatic rings. The molecule has 1 aliphatic heterocycles. The van der Waals surface area contributed by atoms with Crippen molar-refractivity contribution < 1.29 is 18.7 Å². The van der Waals surface area contributed by atoms with Gasteiger partial charge in [0.2, 0.25) is 5.89 Å². The van der Waals surface area contributed by atoms with E-state index in [0.717, 1.165) is 0 Å². The molecule has 1 unspecified atom stereocenters. The minimum absolute atomic E-state index is 0.0815. The molecular formula is C18H12N2O4. The molecular weight excluding hydrogens is 308 g/mol. The van der Waals surface area contributed by atoms with Crippen LogP contribution in [-0.2, 0) is 0 Å². The molecule has 2 heterocycles. The Bertz CT molecular complexity index is 938. The summed E-state index contributed by atoms with van der Waals surface area (Å²) in [7, 11) is 0. The lowest BCUT2D eigenvalue weighted by Crippen LogP contribution is -2.19. The van der Waals surface area contributed by atoms with Crippen LogP contribution in [0.3, 0.4) is 0 Å². The Balaban J connectivity index is 1.76. The molecule has 0 radical (unpaired) electrons. The molecule has 0 spiro atoms. The van der Waals surface area contributed by atoms with Crippen LogP contribution in [0, 0.1) is 11.3 Å². The summed E-state index contributed by atoms with van der Waals surface area (Å²) in [6.45, 7) is 0.787. The minimum atomic E-state index is -1.14. The first-order valence-electron chi connectivity index (χ1n) is 7.46. The van der Waals surface area contributed by atoms with Crippen molar-refractivity contribution >= 4 is 16.9 Å². The fourth-order valence-electron chi connectivity index (χ4n) is 2.66. The number of ether oxygens (including phenoxy) is 2. The first-order valence-corrected chi connectivity index (χ1v) is 7.46. The van der Waals surface area contributed by atoms with Crippen LogP contribution in [0.25, 0.3) is 11.1 Å². The Kier molecular flexibility index (Phi) is 3.39. The molecule has 6 nitrogen and oxygen atoms in total. The average Bonchev–Trinajstić information content (AvgIpc) is 3.05. The number of hydrogen-bond donors (Lipinski definition) is 0. The summed E-state index contributed by atoms with van der Waals surface area (Å²) in [6, 6.07) is 14.1. The number of ketones is 1. The van der Waals surface area contributed by atoms with Gasteiger partial charge in [0.25, 0.3) is 0 Å². The molecule has 1 atom stereocenters. The molecule has 24 heavy (non-hydrogen) atoms. The molecule has 0 N–H and O–H groups in total. The van der Waals surface area contributed by atoms with Crippen LogP contribution in [0.15, 0.2) is 46.9 Å². The second kappa shape index (κ2) is 5.70. The van der Waals surface area contributed by atoms with E-state index in [4.69, 9.17) is 13.9 Å². The van der Waals surface area contributed by atoms with Gasteiger partial charge in [-0.25, -0.2) is 4.98 Å². The number of carbonyl (C=O) groups is 1. The van der Waals surface area contributed by atoms with E-state index < -0.39 is 11.7 Å². The number of para-hydroxylation sites is 3. The normalized spacial score (nSPS) is 14.1. The Morgan fingerprint density at radius 2 is 1.96 bits per heavy atom. The monoisotopic (exact) mass is 320 g/mol. The molecule has 2 aromatic carbocycles. The maximum absolute atomic E-state index is 12.9. The average molecular weight is 320 g/mol. The van der Waals surface area contributed by atoms with Crippen LogP contribution in [0.4, 0.5) is 0 Å². The number of Topliss-reactive ketones (excluding diaryl/α,β-unsaturated/α-hetero) is 1. The lowest BCUT2D eigenvalue weighted by molar-refractivity contribution is 0.0959. The molecule has 1 aliphatic rings. The topological polar surface area (TPSA) is 85.4 Å². The van der Waals surface area contributed by atoms with E-state index in [1.807, 2.05) is 12.1 Å². The quantitative estimate of drug-likeness (QED) is 0.689. The lowest BCUT2D eigenvalue weighted by Gasteiger charge is -2.20. The Morgan fingerprint density at radius 3 is 2.79 bits per heavy atom. The molecule has 0 amide bonds. The van der Waals surface area contributed by atoms with E-state index in [9.17, 15) is 10.1 Å². The number of nitrogens with zero attached hydrogens (tertiary/aromatic N) is 2. The van der Waals surface area contributed by atoms with Crippen molar-refractivity contribution in [3.05, 3.63) is 53.9 Å². The van der Waals surface area contributed by atoms with Crippen LogP contribution in [0.5, 0.6) is 11.5 Å². The maximum Gasteiger partial charge on any atom is 0.220 e. The number of hydrogen-bond acceptors (Lipinski definition) is 6. The van der Waals surface area contributed by atoms with Gasteiger partial charge in [0, 0.05) is 0 Å². The highest BCUT2D eigenvalue weighted by atomic mass is 16.6. The predicted molar refractivity (Wildman–Crippen MR) is 84.1 cm³/mol. The highest BCUT2D eigenvalue weighted by Crippen LogP contribution is 2.36. The molecule has 0 saturated heterocycles. The SMILES string of the molecule is N#CC(C(=O)c1cccc2c1OCCO2)c1nc2ccccc2o1. The van der Waals surface area contributed by atoms with E-state index in [0.29, 0.717) is 41.4 Å². The maximum atomic E-state index is 12.9. The van der Waals surface area contributed by atoms with Crippen LogP contribution in [0.2, 0.25) is 0 Å². The van der Waals surface area contributed by atoms with E-state index in [2.05, 4.69) is 4.98 Å². The summed E-state index contributed by atoms with van der Waals surface area (Å²) in [5, 5.41) is 9.50. The lowest BCUT2D eigenvalue weighted by atomic mass is 9.97. The minimum Gasteiger partial charge on any atom is -0.486 e. The van der Waals surface area contributed by atoms with E-state index >= 15 is 0 Å². The van der Waals surface area contributed by atoms with Gasteiger partial charge in [-0.3, -0.25) is 4.79 Å². The van der Waals surface area contributed by atoms with Gasteiger partial charge in [0.05, 0.1) is 11.6 Å². The van der Waals surface area contributed by atoms with Gasteiger partial charge in [-0.15, -0.1) is 0 Å². The number of benzene rings is 2. The van der Waals surface area contributed by atoms with Gasteiger partial charge < -0.3 is 13.9 Å². The molecule has 1 aromatic heterocycles. The zero-order valence-electron chi connectivity index (χ0n) is 12.6. The van der Waals surface area contributed by atoms with Gasteiger partial charge in [-0.1, -0.05) is 18.2 Å². The Hall–Kier alpha value is -3.33. The summed E-state index contributed by atoms with van der Waals surface area (Å²) < 4.78 is 16.6. The largest absolute Gasteiger partial charge is 0.486 e. The van der Waals surface area contributed by atoms with Gasteiger partial charge in [-0.05, 0) is 24.3 Å². The van der Waals surface area contributed by atoms with Crippen molar-refractivity contribution in [2.75, 3.05) is 13.2 Å². The van der Waals surface area contributed by atoms with Crippen molar-refractivity contribution in [3.63, 3.8) is 0 Å². The number of carbonyl (C=O) groups excluding carboxylic acids is 1. The smallest absolute Gasteiger partial charge is 0.220 e. The first kappa shape index (κ1) is 14.3. The van der Waals surface area contributed by atoms with Gasteiger partial charge in [0.15, 0.2) is 28.8 Å². The summed E-state index contributed by atoms with van der Waals surface area (Å²) in [4.78, 5) is 17.1. The Labute approximate surface area is 137 Å². The fraction of sp³-hybridized carbons (Fsp3) is 0.167. The van der Waals surface area contributed by atoms with Crippen LogP contribution < -0.4 is 9.47 Å². The van der Waals surface area contributed by atoms with Gasteiger partial charge in [0.1, 0.15) is 18.7 Å². The van der Waals surface area contributed by atoms with Crippen molar-refractivity contribution in [2.24, 2.45) is 0 Å². The number of fused-ring (bicyclic) bond motifs is 2.